The van der Waals surface area contributed by atoms with Crippen LogP contribution in [0, 0.1) is 17.8 Å². The van der Waals surface area contributed by atoms with Crippen LogP contribution in [-0.2, 0) is 4.79 Å². The summed E-state index contributed by atoms with van der Waals surface area (Å²) in [5.41, 5.74) is 1.17. The molecule has 0 spiro atoms. The van der Waals surface area contributed by atoms with E-state index in [1.807, 2.05) is 12.1 Å². The first kappa shape index (κ1) is 22.1. The van der Waals surface area contributed by atoms with E-state index in [0.29, 0.717) is 27.7 Å². The number of anilines is 1. The van der Waals surface area contributed by atoms with Crippen LogP contribution in [0.2, 0.25) is 10.0 Å². The van der Waals surface area contributed by atoms with Crippen molar-refractivity contribution in [2.24, 2.45) is 0 Å². The van der Waals surface area contributed by atoms with Gasteiger partial charge in [-0.25, -0.2) is 9.69 Å². The maximum atomic E-state index is 13.2. The molecular formula is C23H22Cl2N3O2. The van der Waals surface area contributed by atoms with Crippen LogP contribution >= 0.6 is 23.2 Å². The molecule has 0 N–H and O–H groups in total. The minimum Gasteiger partial charge on any atom is -0.313 e. The van der Waals surface area contributed by atoms with E-state index in [9.17, 15) is 9.59 Å². The highest BCUT2D eigenvalue weighted by molar-refractivity contribution is 6.35. The number of likely N-dealkylation sites (N-methyl/N-ethyl adjacent to an activating group) is 1. The van der Waals surface area contributed by atoms with Gasteiger partial charge in [0.25, 0.3) is 5.91 Å². The Kier molecular flexibility index (Phi) is 6.70. The number of urea groups is 1. The molecule has 1 radical (unpaired) electrons. The van der Waals surface area contributed by atoms with Crippen molar-refractivity contribution >= 4 is 40.8 Å². The fraction of sp³-hybridized carbons (Fsp3) is 0.304. The first-order chi connectivity index (χ1) is 14.3. The Balaban J connectivity index is 1.60. The predicted octanol–water partition coefficient (Wildman–Crippen LogP) is 5.84. The molecule has 1 aliphatic heterocycles. The summed E-state index contributed by atoms with van der Waals surface area (Å²) < 4.78 is 0. The van der Waals surface area contributed by atoms with Crippen molar-refractivity contribution in [3.05, 3.63) is 70.1 Å². The molecule has 1 aliphatic rings. The predicted molar refractivity (Wildman–Crippen MR) is 119 cm³/mol. The molecule has 2 aromatic carbocycles. The minimum absolute atomic E-state index is 0.274. The number of nitrogens with zero attached hydrogens (tertiary/aromatic N) is 3. The second kappa shape index (κ2) is 9.07. The van der Waals surface area contributed by atoms with Gasteiger partial charge in [0.1, 0.15) is 5.54 Å². The lowest BCUT2D eigenvalue weighted by Crippen LogP contribution is -2.44. The zero-order chi connectivity index (χ0) is 21.9. The summed E-state index contributed by atoms with van der Waals surface area (Å²) in [6.07, 6.45) is 5.18. The summed E-state index contributed by atoms with van der Waals surface area (Å²) in [4.78, 5) is 28.6. The second-order valence-corrected chi connectivity index (χ2v) is 8.44. The molecule has 5 nitrogen and oxygen atoms in total. The third-order valence-electron chi connectivity index (χ3n) is 5.53. The number of hydrogen-bond donors (Lipinski definition) is 0. The largest absolute Gasteiger partial charge is 0.332 e. The topological polar surface area (TPSA) is 64.4 Å². The van der Waals surface area contributed by atoms with Crippen LogP contribution in [0.1, 0.15) is 43.7 Å². The molecule has 2 aromatic rings. The van der Waals surface area contributed by atoms with Gasteiger partial charge in [0.05, 0.1) is 17.3 Å². The molecule has 7 heteroatoms. The zero-order valence-electron chi connectivity index (χ0n) is 16.9. The first-order valence-corrected chi connectivity index (χ1v) is 10.4. The SMILES string of the molecule is CN1C(=O)N(c2cc(Cl)cc(Cl)c2)C(=O)[C@]1(C)CCCC[CH]c1ccc(C#N)cc1. The molecule has 3 rings (SSSR count). The van der Waals surface area contributed by atoms with Crippen molar-refractivity contribution in [2.45, 2.75) is 38.1 Å². The van der Waals surface area contributed by atoms with Gasteiger partial charge in [-0.15, -0.1) is 0 Å². The fourth-order valence-electron chi connectivity index (χ4n) is 3.58. The van der Waals surface area contributed by atoms with Crippen LogP contribution in [0.25, 0.3) is 0 Å². The molecule has 30 heavy (non-hydrogen) atoms. The van der Waals surface area contributed by atoms with E-state index >= 15 is 0 Å². The summed E-state index contributed by atoms with van der Waals surface area (Å²) in [6, 6.07) is 13.8. The summed E-state index contributed by atoms with van der Waals surface area (Å²) in [6.45, 7) is 1.80. The highest BCUT2D eigenvalue weighted by Crippen LogP contribution is 2.36. The van der Waals surface area contributed by atoms with Crippen molar-refractivity contribution in [3.63, 3.8) is 0 Å². The zero-order valence-corrected chi connectivity index (χ0v) is 18.4. The van der Waals surface area contributed by atoms with Crippen molar-refractivity contribution < 1.29 is 9.59 Å². The summed E-state index contributed by atoms with van der Waals surface area (Å²) in [7, 11) is 1.65. The maximum Gasteiger partial charge on any atom is 0.332 e. The molecule has 1 heterocycles. The van der Waals surface area contributed by atoms with E-state index in [4.69, 9.17) is 28.5 Å². The van der Waals surface area contributed by atoms with Gasteiger partial charge in [-0.3, -0.25) is 4.79 Å². The van der Waals surface area contributed by atoms with Gasteiger partial charge in [0.15, 0.2) is 0 Å². The standard InChI is InChI=1S/C23H22Cl2N3O2/c1-23(11-5-3-4-6-16-7-9-17(15-26)10-8-16)21(29)28(22(30)27(23)2)20-13-18(24)12-19(25)14-20/h6-10,12-14H,3-5,11H2,1-2H3/t23-/m0/s1. The Morgan fingerprint density at radius 2 is 1.70 bits per heavy atom. The Hall–Kier alpha value is -2.55. The van der Waals surface area contributed by atoms with E-state index in [1.54, 1.807) is 44.3 Å². The van der Waals surface area contributed by atoms with Crippen LogP contribution in [0.3, 0.4) is 0 Å². The van der Waals surface area contributed by atoms with Crippen molar-refractivity contribution in [3.8, 4) is 6.07 Å². The normalized spacial score (nSPS) is 18.8. The van der Waals surface area contributed by atoms with Gasteiger partial charge in [0, 0.05) is 17.1 Å². The molecule has 1 fully saturated rings. The number of halogens is 2. The van der Waals surface area contributed by atoms with Gasteiger partial charge < -0.3 is 4.90 Å². The highest BCUT2D eigenvalue weighted by Gasteiger charge is 2.52. The lowest BCUT2D eigenvalue weighted by atomic mass is 9.92. The molecule has 0 bridgehead atoms. The van der Waals surface area contributed by atoms with Crippen molar-refractivity contribution in [1.82, 2.24) is 4.90 Å². The maximum absolute atomic E-state index is 13.2. The average molecular weight is 443 g/mol. The Bertz CT molecular complexity index is 980. The molecule has 0 unspecified atom stereocenters. The molecule has 3 amide bonds. The molecule has 1 atom stereocenters. The van der Waals surface area contributed by atoms with Crippen LogP contribution < -0.4 is 4.90 Å². The fourth-order valence-corrected chi connectivity index (χ4v) is 4.09. The lowest BCUT2D eigenvalue weighted by molar-refractivity contribution is -0.124. The average Bonchev–Trinajstić information content (AvgIpc) is 2.88. The summed E-state index contributed by atoms with van der Waals surface area (Å²) >= 11 is 12.1. The number of carbonyl (C=O) groups is 2. The van der Waals surface area contributed by atoms with Gasteiger partial charge >= 0.3 is 6.03 Å². The van der Waals surface area contributed by atoms with Crippen molar-refractivity contribution in [1.29, 1.82) is 5.26 Å². The Morgan fingerprint density at radius 1 is 1.07 bits per heavy atom. The Labute approximate surface area is 186 Å². The van der Waals surface area contributed by atoms with Gasteiger partial charge in [-0.1, -0.05) is 48.2 Å². The number of rotatable bonds is 7. The van der Waals surface area contributed by atoms with E-state index in [0.717, 1.165) is 29.7 Å². The smallest absolute Gasteiger partial charge is 0.313 e. The number of carbonyl (C=O) groups excluding carboxylic acids is 2. The summed E-state index contributed by atoms with van der Waals surface area (Å²) in [5.74, 6) is -0.274. The summed E-state index contributed by atoms with van der Waals surface area (Å²) in [5, 5.41) is 9.59. The second-order valence-electron chi connectivity index (χ2n) is 7.57. The number of imide groups is 1. The third kappa shape index (κ3) is 4.45. The van der Waals surface area contributed by atoms with Gasteiger partial charge in [-0.05, 0) is 62.1 Å². The minimum atomic E-state index is -0.916. The van der Waals surface area contributed by atoms with Gasteiger partial charge in [-0.2, -0.15) is 5.26 Å². The highest BCUT2D eigenvalue weighted by atomic mass is 35.5. The quantitative estimate of drug-likeness (QED) is 0.399. The number of nitriles is 1. The molecule has 0 aliphatic carbocycles. The number of hydrogen-bond acceptors (Lipinski definition) is 3. The number of unbranched alkanes of at least 4 members (excludes halogenated alkanes) is 2. The molecule has 155 valence electrons. The monoisotopic (exact) mass is 442 g/mol. The third-order valence-corrected chi connectivity index (χ3v) is 5.96. The van der Waals surface area contributed by atoms with Crippen molar-refractivity contribution in [2.75, 3.05) is 11.9 Å². The van der Waals surface area contributed by atoms with E-state index < -0.39 is 5.54 Å². The van der Waals surface area contributed by atoms with E-state index in [-0.39, 0.29) is 11.9 Å². The lowest BCUT2D eigenvalue weighted by Gasteiger charge is -2.28. The molecule has 0 aromatic heterocycles. The number of benzene rings is 2. The molecular weight excluding hydrogens is 421 g/mol. The van der Waals surface area contributed by atoms with Crippen LogP contribution in [0.15, 0.2) is 42.5 Å². The van der Waals surface area contributed by atoms with Crippen LogP contribution in [-0.4, -0.2) is 29.4 Å². The van der Waals surface area contributed by atoms with Crippen LogP contribution in [0.4, 0.5) is 10.5 Å². The molecule has 0 saturated carbocycles. The van der Waals surface area contributed by atoms with Crippen LogP contribution in [0.5, 0.6) is 0 Å². The van der Waals surface area contributed by atoms with Gasteiger partial charge in [0.2, 0.25) is 0 Å². The Morgan fingerprint density at radius 3 is 2.30 bits per heavy atom. The molecule has 1 saturated heterocycles. The van der Waals surface area contributed by atoms with E-state index in [1.165, 1.54) is 4.90 Å². The van der Waals surface area contributed by atoms with E-state index in [2.05, 4.69) is 12.5 Å². The number of amides is 3. The first-order valence-electron chi connectivity index (χ1n) is 9.68.